The highest BCUT2D eigenvalue weighted by atomic mass is 16.4. The fraction of sp³-hybridized carbons (Fsp3) is 0. The molecular weight excluding hydrogens is 414 g/mol. The van der Waals surface area contributed by atoms with Gasteiger partial charge >= 0.3 is 0 Å². The quantitative estimate of drug-likeness (QED) is 0.353. The van der Waals surface area contributed by atoms with Crippen molar-refractivity contribution in [1.29, 1.82) is 0 Å². The molecule has 0 saturated heterocycles. The van der Waals surface area contributed by atoms with Crippen molar-refractivity contribution in [1.82, 2.24) is 9.97 Å². The topological polar surface area (TPSA) is 88.2 Å². The fourth-order valence-electron chi connectivity index (χ4n) is 3.51. The van der Waals surface area contributed by atoms with Gasteiger partial charge in [0.2, 0.25) is 11.8 Å². The van der Waals surface area contributed by atoms with Gasteiger partial charge in [-0.2, -0.15) is 0 Å². The Morgan fingerprint density at radius 3 is 2.24 bits per heavy atom. The van der Waals surface area contributed by atoms with Crippen LogP contribution in [0.2, 0.25) is 0 Å². The highest BCUT2D eigenvalue weighted by Crippen LogP contribution is 2.38. The number of nitrogens with zero attached hydrogens (tertiary/aromatic N) is 2. The molecule has 2 aromatic heterocycles. The minimum absolute atomic E-state index is 0.0243. The Bertz CT molecular complexity index is 1400. The van der Waals surface area contributed by atoms with Crippen LogP contribution in [0, 0.1) is 0 Å². The molecule has 5 aromatic rings. The normalized spacial score (nSPS) is 10.7. The number of benzene rings is 3. The molecule has 33 heavy (non-hydrogen) atoms. The third kappa shape index (κ3) is 4.22. The summed E-state index contributed by atoms with van der Waals surface area (Å²) in [5.41, 5.74) is 3.86. The van der Waals surface area contributed by atoms with Gasteiger partial charge in [-0.1, -0.05) is 54.6 Å². The zero-order valence-corrected chi connectivity index (χ0v) is 17.5. The van der Waals surface area contributed by atoms with Gasteiger partial charge in [0.25, 0.3) is 5.91 Å². The molecule has 1 amide bonds. The van der Waals surface area contributed by atoms with Crippen LogP contribution in [-0.2, 0) is 0 Å². The molecule has 2 heterocycles. The van der Waals surface area contributed by atoms with Gasteiger partial charge in [-0.25, -0.2) is 4.98 Å². The Morgan fingerprint density at radius 1 is 0.818 bits per heavy atom. The second kappa shape index (κ2) is 8.80. The van der Waals surface area contributed by atoms with Crippen molar-refractivity contribution < 1.29 is 14.3 Å². The molecule has 6 nitrogen and oxygen atoms in total. The van der Waals surface area contributed by atoms with E-state index in [1.54, 1.807) is 54.9 Å². The van der Waals surface area contributed by atoms with Gasteiger partial charge in [-0.05, 0) is 47.5 Å². The number of phenols is 1. The number of aromatic hydroxyl groups is 1. The van der Waals surface area contributed by atoms with Gasteiger partial charge in [-0.15, -0.1) is 0 Å². The lowest BCUT2D eigenvalue weighted by Crippen LogP contribution is -2.11. The molecular formula is C27H19N3O3. The summed E-state index contributed by atoms with van der Waals surface area (Å²) in [7, 11) is 0. The second-order valence-corrected chi connectivity index (χ2v) is 7.36. The minimum Gasteiger partial charge on any atom is -0.507 e. The predicted molar refractivity (Wildman–Crippen MR) is 127 cm³/mol. The van der Waals surface area contributed by atoms with E-state index in [-0.39, 0.29) is 23.4 Å². The molecule has 0 aliphatic carbocycles. The van der Waals surface area contributed by atoms with E-state index < -0.39 is 0 Å². The van der Waals surface area contributed by atoms with E-state index in [0.717, 1.165) is 11.1 Å². The van der Waals surface area contributed by atoms with Gasteiger partial charge in [0, 0.05) is 23.5 Å². The molecule has 0 bridgehead atoms. The van der Waals surface area contributed by atoms with Crippen LogP contribution in [0.3, 0.4) is 0 Å². The van der Waals surface area contributed by atoms with Crippen LogP contribution in [0.1, 0.15) is 10.4 Å². The molecule has 0 unspecified atom stereocenters. The first-order valence-corrected chi connectivity index (χ1v) is 10.4. The number of oxazole rings is 1. The van der Waals surface area contributed by atoms with Crippen LogP contribution < -0.4 is 5.32 Å². The van der Waals surface area contributed by atoms with E-state index >= 15 is 0 Å². The van der Waals surface area contributed by atoms with Crippen molar-refractivity contribution in [3.05, 3.63) is 109 Å². The number of rotatable bonds is 5. The van der Waals surface area contributed by atoms with E-state index in [4.69, 9.17) is 4.42 Å². The molecule has 0 atom stereocenters. The lowest BCUT2D eigenvalue weighted by molar-refractivity contribution is 0.102. The predicted octanol–water partition coefficient (Wildman–Crippen LogP) is 6.03. The monoisotopic (exact) mass is 433 g/mol. The van der Waals surface area contributed by atoms with Crippen molar-refractivity contribution in [2.24, 2.45) is 0 Å². The lowest BCUT2D eigenvalue weighted by atomic mass is 10.0. The molecule has 3 aromatic carbocycles. The Balaban J connectivity index is 1.54. The average molecular weight is 433 g/mol. The summed E-state index contributed by atoms with van der Waals surface area (Å²) in [4.78, 5) is 21.5. The van der Waals surface area contributed by atoms with E-state index in [0.29, 0.717) is 22.4 Å². The Kier molecular flexibility index (Phi) is 5.39. The van der Waals surface area contributed by atoms with Crippen LogP contribution in [0.5, 0.6) is 5.75 Å². The molecule has 5 rings (SSSR count). The molecule has 6 heteroatoms. The maximum atomic E-state index is 12.7. The number of carbonyl (C=O) groups excluding carboxylic acids is 1. The van der Waals surface area contributed by atoms with E-state index in [2.05, 4.69) is 15.3 Å². The number of hydrogen-bond acceptors (Lipinski definition) is 5. The lowest BCUT2D eigenvalue weighted by Gasteiger charge is -2.05. The Morgan fingerprint density at radius 2 is 1.55 bits per heavy atom. The summed E-state index contributed by atoms with van der Waals surface area (Å²) in [6.45, 7) is 0. The summed E-state index contributed by atoms with van der Waals surface area (Å²) in [6, 6.07) is 27.5. The SMILES string of the molecule is O=C(Nc1oc(-c2ccc(-c3ccccc3)cc2O)nc1-c1cccnc1)c1ccccc1. The maximum Gasteiger partial charge on any atom is 0.258 e. The minimum atomic E-state index is -0.327. The van der Waals surface area contributed by atoms with E-state index in [9.17, 15) is 9.90 Å². The fourth-order valence-corrected chi connectivity index (χ4v) is 3.51. The van der Waals surface area contributed by atoms with Crippen LogP contribution in [0.15, 0.2) is 108 Å². The maximum absolute atomic E-state index is 12.7. The van der Waals surface area contributed by atoms with E-state index in [1.807, 2.05) is 48.5 Å². The number of nitrogens with one attached hydrogen (secondary N) is 1. The van der Waals surface area contributed by atoms with Crippen LogP contribution >= 0.6 is 0 Å². The van der Waals surface area contributed by atoms with Gasteiger partial charge in [0.1, 0.15) is 11.4 Å². The van der Waals surface area contributed by atoms with Crippen LogP contribution in [-0.4, -0.2) is 21.0 Å². The van der Waals surface area contributed by atoms with Crippen molar-refractivity contribution >= 4 is 11.8 Å². The molecule has 160 valence electrons. The van der Waals surface area contributed by atoms with Gasteiger partial charge < -0.3 is 9.52 Å². The summed E-state index contributed by atoms with van der Waals surface area (Å²) >= 11 is 0. The van der Waals surface area contributed by atoms with Crippen molar-refractivity contribution in [2.45, 2.75) is 0 Å². The molecule has 0 fully saturated rings. The Labute approximate surface area is 190 Å². The Hall–Kier alpha value is -4.71. The smallest absolute Gasteiger partial charge is 0.258 e. The van der Waals surface area contributed by atoms with Crippen molar-refractivity contribution in [3.63, 3.8) is 0 Å². The number of pyridine rings is 1. The number of anilines is 1. The third-order valence-electron chi connectivity index (χ3n) is 5.16. The number of amides is 1. The number of hydrogen-bond donors (Lipinski definition) is 2. The number of aromatic nitrogens is 2. The van der Waals surface area contributed by atoms with Crippen LogP contribution in [0.4, 0.5) is 5.88 Å². The van der Waals surface area contributed by atoms with E-state index in [1.165, 1.54) is 0 Å². The summed E-state index contributed by atoms with van der Waals surface area (Å²) in [6.07, 6.45) is 3.29. The molecule has 0 aliphatic heterocycles. The van der Waals surface area contributed by atoms with Gasteiger partial charge in [0.05, 0.1) is 5.56 Å². The summed E-state index contributed by atoms with van der Waals surface area (Å²) in [5, 5.41) is 13.5. The first kappa shape index (κ1) is 20.2. The molecule has 0 spiro atoms. The first-order valence-electron chi connectivity index (χ1n) is 10.4. The number of carbonyl (C=O) groups is 1. The highest BCUT2D eigenvalue weighted by molar-refractivity contribution is 6.05. The number of phenolic OH excluding ortho intramolecular Hbond substituents is 1. The van der Waals surface area contributed by atoms with Crippen molar-refractivity contribution in [3.8, 4) is 39.6 Å². The zero-order valence-electron chi connectivity index (χ0n) is 17.5. The molecule has 0 radical (unpaired) electrons. The van der Waals surface area contributed by atoms with Crippen LogP contribution in [0.25, 0.3) is 33.8 Å². The first-order chi connectivity index (χ1) is 16.2. The third-order valence-corrected chi connectivity index (χ3v) is 5.16. The molecule has 0 saturated carbocycles. The highest BCUT2D eigenvalue weighted by Gasteiger charge is 2.21. The summed E-state index contributed by atoms with van der Waals surface area (Å²) < 4.78 is 5.94. The summed E-state index contributed by atoms with van der Waals surface area (Å²) in [5.74, 6) is 0.0658. The van der Waals surface area contributed by atoms with Gasteiger partial charge in [-0.3, -0.25) is 15.1 Å². The largest absolute Gasteiger partial charge is 0.507 e. The van der Waals surface area contributed by atoms with Gasteiger partial charge in [0.15, 0.2) is 0 Å². The standard InChI is InChI=1S/C27H19N3O3/c31-23-16-20(18-8-3-1-4-9-18)13-14-22(23)26-29-24(21-12-7-15-28-17-21)27(33-26)30-25(32)19-10-5-2-6-11-19/h1-17,31H,(H,30,32). The van der Waals surface area contributed by atoms with Crippen molar-refractivity contribution in [2.75, 3.05) is 5.32 Å². The average Bonchev–Trinajstić information content (AvgIpc) is 3.29. The molecule has 2 N–H and O–H groups in total. The molecule has 0 aliphatic rings. The zero-order chi connectivity index (χ0) is 22.6. The second-order valence-electron chi connectivity index (χ2n) is 7.36.